The van der Waals surface area contributed by atoms with Crippen LogP contribution < -0.4 is 5.15 Å². The van der Waals surface area contributed by atoms with Crippen LogP contribution >= 0.6 is 0 Å². The maximum Gasteiger partial charge on any atom is 0.341 e. The number of carbonyl (C=O) groups excluding carboxylic acids is 1. The van der Waals surface area contributed by atoms with Gasteiger partial charge in [-0.25, -0.2) is 4.79 Å². The lowest BCUT2D eigenvalue weighted by Crippen LogP contribution is -2.12. The molecule has 0 atom stereocenters. The molecule has 0 aliphatic rings. The third-order valence-corrected chi connectivity index (χ3v) is 0.409. The summed E-state index contributed by atoms with van der Waals surface area (Å²) >= 11 is 0. The number of carbonyl (C=O) groups is 1. The Morgan fingerprint density at radius 2 is 2.43 bits per heavy atom. The third-order valence-electron chi connectivity index (χ3n) is 0.242. The monoisotopic (exact) mass is 121 g/mol. The van der Waals surface area contributed by atoms with Gasteiger partial charge in [-0.15, -0.1) is 0 Å². The molecule has 5 heteroatoms. The minimum Gasteiger partial charge on any atom is -0.281 e. The maximum atomic E-state index is 9.83. The highest BCUT2D eigenvalue weighted by Gasteiger charge is 1.86. The van der Waals surface area contributed by atoms with E-state index in [0.717, 1.165) is 0 Å². The molecular formula is C2H7NO3Si. The fourth-order valence-electron chi connectivity index (χ4n) is 0.100. The van der Waals surface area contributed by atoms with E-state index < -0.39 is 5.97 Å². The Kier molecular flexibility index (Phi) is 3.57. The molecule has 0 amide bonds. The van der Waals surface area contributed by atoms with Crippen LogP contribution in [0.5, 0.6) is 0 Å². The summed E-state index contributed by atoms with van der Waals surface area (Å²) in [4.78, 5) is 17.9. The molecule has 0 rings (SSSR count). The molecule has 7 heavy (non-hydrogen) atoms. The van der Waals surface area contributed by atoms with E-state index in [4.69, 9.17) is 0 Å². The molecule has 1 N–H and O–H groups in total. The van der Waals surface area contributed by atoms with Gasteiger partial charge in [-0.3, -0.25) is 4.89 Å². The molecule has 0 aliphatic carbocycles. The lowest BCUT2D eigenvalue weighted by atomic mass is 10.9. The van der Waals surface area contributed by atoms with Crippen molar-refractivity contribution in [2.75, 3.05) is 0 Å². The fraction of sp³-hybridized carbons (Fsp3) is 0.500. The normalized spacial score (nSPS) is 8.71. The van der Waals surface area contributed by atoms with Crippen LogP contribution in [0.2, 0.25) is 0 Å². The van der Waals surface area contributed by atoms with Crippen molar-refractivity contribution in [1.29, 1.82) is 0 Å². The average molecular weight is 121 g/mol. The van der Waals surface area contributed by atoms with Crippen molar-refractivity contribution in [1.82, 2.24) is 5.15 Å². The number of hydrogen-bond donors (Lipinski definition) is 1. The smallest absolute Gasteiger partial charge is 0.281 e. The van der Waals surface area contributed by atoms with E-state index in [2.05, 4.69) is 15.0 Å². The van der Waals surface area contributed by atoms with Gasteiger partial charge in [0, 0.05) is 6.92 Å². The standard InChI is InChI=1S/C2H7NO3Si/c1-2(4)5-6-3-7/h3H,1,7H3. The van der Waals surface area contributed by atoms with Crippen molar-refractivity contribution in [3.8, 4) is 0 Å². The van der Waals surface area contributed by atoms with Gasteiger partial charge in [0.05, 0.1) is 0 Å². The first-order chi connectivity index (χ1) is 3.27. The van der Waals surface area contributed by atoms with Gasteiger partial charge in [0.15, 0.2) is 0 Å². The third kappa shape index (κ3) is 5.61. The highest BCUT2D eigenvalue weighted by Crippen LogP contribution is 1.69. The summed E-state index contributed by atoms with van der Waals surface area (Å²) in [6.07, 6.45) is 0. The molecule has 0 heterocycles. The summed E-state index contributed by atoms with van der Waals surface area (Å²) in [7, 11) is 0.645. The topological polar surface area (TPSA) is 47.6 Å². The Balaban J connectivity index is 2.82. The molecule has 0 saturated carbocycles. The van der Waals surface area contributed by atoms with Gasteiger partial charge in [-0.1, -0.05) is 4.99 Å². The molecule has 0 saturated heterocycles. The van der Waals surface area contributed by atoms with E-state index in [9.17, 15) is 4.79 Å². The molecule has 0 aromatic carbocycles. The molecule has 0 aromatic rings. The lowest BCUT2D eigenvalue weighted by molar-refractivity contribution is -0.289. The van der Waals surface area contributed by atoms with Crippen LogP contribution in [0.1, 0.15) is 6.92 Å². The maximum absolute atomic E-state index is 9.83. The summed E-state index contributed by atoms with van der Waals surface area (Å²) < 4.78 is 0. The van der Waals surface area contributed by atoms with Crippen molar-refractivity contribution < 1.29 is 14.7 Å². The Labute approximate surface area is 44.2 Å². The van der Waals surface area contributed by atoms with Crippen LogP contribution in [0.15, 0.2) is 0 Å². The van der Waals surface area contributed by atoms with Gasteiger partial charge in [0.2, 0.25) is 0 Å². The number of nitrogens with one attached hydrogen (secondary N) is 1. The lowest BCUT2D eigenvalue weighted by Gasteiger charge is -1.93. The second-order valence-corrected chi connectivity index (χ2v) is 1.27. The highest BCUT2D eigenvalue weighted by molar-refractivity contribution is 6.03. The summed E-state index contributed by atoms with van der Waals surface area (Å²) in [6.45, 7) is 1.26. The first-order valence-electron chi connectivity index (χ1n) is 1.78. The molecule has 4 nitrogen and oxygen atoms in total. The van der Waals surface area contributed by atoms with Crippen molar-refractivity contribution in [3.63, 3.8) is 0 Å². The zero-order chi connectivity index (χ0) is 5.70. The molecule has 0 aliphatic heterocycles. The first-order valence-corrected chi connectivity index (χ1v) is 2.78. The van der Waals surface area contributed by atoms with Crippen molar-refractivity contribution in [3.05, 3.63) is 0 Å². The SMILES string of the molecule is CC(=O)OON[SiH3]. The van der Waals surface area contributed by atoms with Crippen molar-refractivity contribution >= 4 is 16.4 Å². The summed E-state index contributed by atoms with van der Waals surface area (Å²) in [5.74, 6) is -0.455. The van der Waals surface area contributed by atoms with Crippen molar-refractivity contribution in [2.45, 2.75) is 6.92 Å². The van der Waals surface area contributed by atoms with Crippen LogP contribution in [0.25, 0.3) is 0 Å². The molecule has 0 aromatic heterocycles. The summed E-state index contributed by atoms with van der Waals surface area (Å²) in [5, 5.41) is 2.29. The minimum absolute atomic E-state index is 0.455. The summed E-state index contributed by atoms with van der Waals surface area (Å²) in [6, 6.07) is 0. The number of hydrogen-bond acceptors (Lipinski definition) is 4. The van der Waals surface area contributed by atoms with Crippen LogP contribution in [0, 0.1) is 0 Å². The second kappa shape index (κ2) is 3.79. The van der Waals surface area contributed by atoms with E-state index in [1.807, 2.05) is 0 Å². The van der Waals surface area contributed by atoms with Gasteiger partial charge in [-0.2, -0.15) is 5.15 Å². The van der Waals surface area contributed by atoms with Crippen LogP contribution in [-0.4, -0.2) is 16.4 Å². The zero-order valence-corrected chi connectivity index (χ0v) is 6.22. The first kappa shape index (κ1) is 6.61. The van der Waals surface area contributed by atoms with Crippen LogP contribution in [-0.2, 0) is 14.7 Å². The Hall–Kier alpha value is -0.393. The van der Waals surface area contributed by atoms with E-state index >= 15 is 0 Å². The molecular weight excluding hydrogens is 114 g/mol. The van der Waals surface area contributed by atoms with E-state index in [1.165, 1.54) is 6.92 Å². The van der Waals surface area contributed by atoms with Gasteiger partial charge >= 0.3 is 5.97 Å². The van der Waals surface area contributed by atoms with Crippen molar-refractivity contribution in [2.24, 2.45) is 0 Å². The molecule has 0 radical (unpaired) electrons. The van der Waals surface area contributed by atoms with Gasteiger partial charge in [0.25, 0.3) is 0 Å². The van der Waals surface area contributed by atoms with Crippen LogP contribution in [0.4, 0.5) is 0 Å². The predicted molar refractivity (Wildman–Crippen MR) is 25.9 cm³/mol. The largest absolute Gasteiger partial charge is 0.341 e. The predicted octanol–water partition coefficient (Wildman–Crippen LogP) is -1.73. The number of rotatable bonds is 2. The quantitative estimate of drug-likeness (QED) is 0.268. The minimum atomic E-state index is -0.455. The highest BCUT2D eigenvalue weighted by atomic mass is 28.2. The Bertz CT molecular complexity index is 66.0. The van der Waals surface area contributed by atoms with E-state index in [-0.39, 0.29) is 0 Å². The average Bonchev–Trinajstić information content (AvgIpc) is 1.61. The van der Waals surface area contributed by atoms with Gasteiger partial charge in [-0.05, 0) is 0 Å². The molecule has 0 fully saturated rings. The molecule has 0 spiro atoms. The molecule has 0 unspecified atom stereocenters. The van der Waals surface area contributed by atoms with Gasteiger partial charge in [0.1, 0.15) is 10.4 Å². The zero-order valence-electron chi connectivity index (χ0n) is 4.22. The van der Waals surface area contributed by atoms with Gasteiger partial charge < -0.3 is 0 Å². The van der Waals surface area contributed by atoms with E-state index in [1.54, 1.807) is 0 Å². The molecule has 0 bridgehead atoms. The fourth-order valence-corrected chi connectivity index (χ4v) is 0.184. The summed E-state index contributed by atoms with van der Waals surface area (Å²) in [5.41, 5.74) is 0. The molecule has 42 valence electrons. The Morgan fingerprint density at radius 3 is 2.57 bits per heavy atom. The second-order valence-electron chi connectivity index (χ2n) is 0.862. The Morgan fingerprint density at radius 1 is 1.86 bits per heavy atom. The van der Waals surface area contributed by atoms with E-state index in [0.29, 0.717) is 10.4 Å². The van der Waals surface area contributed by atoms with Crippen LogP contribution in [0.3, 0.4) is 0 Å².